The van der Waals surface area contributed by atoms with Gasteiger partial charge in [-0.15, -0.1) is 6.58 Å². The highest BCUT2D eigenvalue weighted by Crippen LogP contribution is 2.25. The molecule has 0 unspecified atom stereocenters. The quantitative estimate of drug-likeness (QED) is 0.0380. The molecule has 0 rings (SSSR count). The molecular weight excluding hydrogens is 611 g/mol. The van der Waals surface area contributed by atoms with Gasteiger partial charge >= 0.3 is 0 Å². The van der Waals surface area contributed by atoms with E-state index >= 15 is 0 Å². The zero-order valence-electron chi connectivity index (χ0n) is 35.5. The summed E-state index contributed by atoms with van der Waals surface area (Å²) in [7, 11) is 1.82. The van der Waals surface area contributed by atoms with Crippen molar-refractivity contribution in [2.45, 2.75) is 240 Å². The molecule has 0 fully saturated rings. The molecule has 0 aliphatic carbocycles. The van der Waals surface area contributed by atoms with Crippen LogP contribution < -0.4 is 5.32 Å². The highest BCUT2D eigenvalue weighted by atomic mass is 16.5. The molecule has 0 aliphatic heterocycles. The van der Waals surface area contributed by atoms with Gasteiger partial charge in [-0.05, 0) is 63.5 Å². The molecule has 0 saturated carbocycles. The normalized spacial score (nSPS) is 10.9. The monoisotopic (exact) mass is 708 g/mol. The first-order chi connectivity index (χ1) is 24.6. The van der Waals surface area contributed by atoms with Crippen LogP contribution in [0.3, 0.4) is 0 Å². The molecule has 0 spiro atoms. The number of aliphatic hydroxyl groups is 1. The lowest BCUT2D eigenvalue weighted by molar-refractivity contribution is 0.184. The second kappa shape index (κ2) is 52.6. The van der Waals surface area contributed by atoms with Crippen LogP contribution in [0, 0.1) is 11.8 Å². The first-order valence-electron chi connectivity index (χ1n) is 22.7. The van der Waals surface area contributed by atoms with Gasteiger partial charge in [0, 0.05) is 13.7 Å². The number of methoxy groups -OCH3 is 1. The van der Waals surface area contributed by atoms with E-state index < -0.39 is 0 Å². The summed E-state index contributed by atoms with van der Waals surface area (Å²) < 4.78 is 5.18. The van der Waals surface area contributed by atoms with Crippen molar-refractivity contribution in [3.8, 4) is 0 Å². The minimum absolute atomic E-state index is 0.750. The lowest BCUT2D eigenvalue weighted by atomic mass is 9.89. The molecule has 0 aromatic rings. The van der Waals surface area contributed by atoms with Gasteiger partial charge in [0.05, 0.1) is 6.26 Å². The van der Waals surface area contributed by atoms with Gasteiger partial charge in [-0.25, -0.2) is 0 Å². The molecule has 3 heteroatoms. The number of aliphatic hydroxyl groups excluding tert-OH is 1. The minimum Gasteiger partial charge on any atom is -0.516 e. The van der Waals surface area contributed by atoms with E-state index in [4.69, 9.17) is 9.84 Å². The summed E-state index contributed by atoms with van der Waals surface area (Å²) in [4.78, 5) is 0. The Morgan fingerprint density at radius 3 is 1.10 bits per heavy atom. The van der Waals surface area contributed by atoms with Crippen molar-refractivity contribution in [3.05, 3.63) is 25.5 Å². The maximum atomic E-state index is 7.33. The van der Waals surface area contributed by atoms with Gasteiger partial charge in [0.1, 0.15) is 0 Å². The second-order valence-electron chi connectivity index (χ2n) is 15.2. The van der Waals surface area contributed by atoms with E-state index in [1.165, 1.54) is 225 Å². The number of nitrogens with one attached hydrogen (secondary N) is 1. The molecule has 2 N–H and O–H groups in total. The molecule has 0 saturated heterocycles. The summed E-state index contributed by atoms with van der Waals surface area (Å²) in [5, 5.41) is 10.9. The molecule has 0 amide bonds. The van der Waals surface area contributed by atoms with E-state index in [-0.39, 0.29) is 0 Å². The Hall–Kier alpha value is -0.800. The number of rotatable bonds is 39. The predicted molar refractivity (Wildman–Crippen MR) is 230 cm³/mol. The summed E-state index contributed by atoms with van der Waals surface area (Å²) in [6.07, 6.45) is 49.4. The lowest BCUT2D eigenvalue weighted by Gasteiger charge is -2.17. The van der Waals surface area contributed by atoms with Crippen molar-refractivity contribution >= 4 is 0 Å². The average molecular weight is 708 g/mol. The molecule has 0 aromatic heterocycles. The third-order valence-electron chi connectivity index (χ3n) is 10.3. The van der Waals surface area contributed by atoms with Crippen molar-refractivity contribution < 1.29 is 9.84 Å². The lowest BCUT2D eigenvalue weighted by Crippen LogP contribution is -2.16. The second-order valence-corrected chi connectivity index (χ2v) is 15.2. The standard InChI is InChI=1S/C28H57N.C17H36O.C2H4O/c1-4-7-10-16-21-26-29-27-22-17-14-13-15-20-25-28(23-18-11-8-5-2)24-19-12-9-6-3;1-4-6-8-10-13-17(15-12-16-18-3)14-11-9-7-5-2;1-2-3/h4,28-29H,1,5-27H2,2-3H3;17H,4-16H2,1-3H3;2-3H,1H2. The number of hydrogen-bond acceptors (Lipinski definition) is 3. The summed E-state index contributed by atoms with van der Waals surface area (Å²) in [6.45, 7) is 19.3. The van der Waals surface area contributed by atoms with E-state index in [2.05, 4.69) is 46.2 Å². The van der Waals surface area contributed by atoms with Gasteiger partial charge < -0.3 is 15.2 Å². The Morgan fingerprint density at radius 1 is 0.460 bits per heavy atom. The van der Waals surface area contributed by atoms with Gasteiger partial charge in [0.25, 0.3) is 0 Å². The fourth-order valence-corrected chi connectivity index (χ4v) is 7.05. The Balaban J connectivity index is -0.000000896. The number of unbranched alkanes of at least 4 members (excludes halogenated alkanes) is 20. The molecule has 0 heterocycles. The molecule has 0 radical (unpaired) electrons. The van der Waals surface area contributed by atoms with Gasteiger partial charge in [-0.2, -0.15) is 0 Å². The van der Waals surface area contributed by atoms with Gasteiger partial charge in [-0.1, -0.05) is 214 Å². The first kappa shape index (κ1) is 53.6. The first-order valence-corrected chi connectivity index (χ1v) is 22.7. The summed E-state index contributed by atoms with van der Waals surface area (Å²) in [6, 6.07) is 0. The van der Waals surface area contributed by atoms with Crippen LogP contribution in [0.15, 0.2) is 25.5 Å². The van der Waals surface area contributed by atoms with E-state index in [9.17, 15) is 0 Å². The average Bonchev–Trinajstić information content (AvgIpc) is 3.12. The predicted octanol–water partition coefficient (Wildman–Crippen LogP) is 16.3. The number of hydrogen-bond donors (Lipinski definition) is 2. The molecule has 302 valence electrons. The summed E-state index contributed by atoms with van der Waals surface area (Å²) in [5.74, 6) is 1.99. The van der Waals surface area contributed by atoms with E-state index in [0.29, 0.717) is 0 Å². The maximum absolute atomic E-state index is 7.33. The molecule has 0 atom stereocenters. The number of ether oxygens (including phenoxy) is 1. The van der Waals surface area contributed by atoms with Gasteiger partial charge in [0.15, 0.2) is 0 Å². The van der Waals surface area contributed by atoms with Crippen LogP contribution in [0.1, 0.15) is 240 Å². The number of allylic oxidation sites excluding steroid dienone is 1. The maximum Gasteiger partial charge on any atom is 0.0719 e. The Morgan fingerprint density at radius 2 is 0.760 bits per heavy atom. The molecular formula is C47H97NO2. The highest BCUT2D eigenvalue weighted by molar-refractivity contribution is 4.66. The van der Waals surface area contributed by atoms with Crippen molar-refractivity contribution in [3.63, 3.8) is 0 Å². The molecule has 0 aromatic carbocycles. The Kier molecular flexibility index (Phi) is 56.3. The van der Waals surface area contributed by atoms with Crippen LogP contribution in [0.2, 0.25) is 0 Å². The van der Waals surface area contributed by atoms with Crippen molar-refractivity contribution in [2.24, 2.45) is 11.8 Å². The van der Waals surface area contributed by atoms with Crippen LogP contribution in [0.4, 0.5) is 0 Å². The highest BCUT2D eigenvalue weighted by Gasteiger charge is 2.09. The molecule has 0 aliphatic rings. The van der Waals surface area contributed by atoms with Crippen molar-refractivity contribution in [2.75, 3.05) is 26.8 Å². The molecule has 50 heavy (non-hydrogen) atoms. The Bertz CT molecular complexity index is 556. The summed E-state index contributed by atoms with van der Waals surface area (Å²) in [5.41, 5.74) is 0. The van der Waals surface area contributed by atoms with E-state index in [1.54, 1.807) is 0 Å². The van der Waals surface area contributed by atoms with E-state index in [0.717, 1.165) is 24.7 Å². The summed E-state index contributed by atoms with van der Waals surface area (Å²) >= 11 is 0. The van der Waals surface area contributed by atoms with Gasteiger partial charge in [-0.3, -0.25) is 0 Å². The fraction of sp³-hybridized carbons (Fsp3) is 0.915. The fourth-order valence-electron chi connectivity index (χ4n) is 7.05. The molecule has 0 bridgehead atoms. The SMILES string of the molecule is C=CCCCCCNCCCCCCCCC(CCCCCC)CCCCCC.C=CO.CCCCCCC(CCCCCC)CCCOC. The van der Waals surface area contributed by atoms with Gasteiger partial charge in [0.2, 0.25) is 0 Å². The largest absolute Gasteiger partial charge is 0.516 e. The smallest absolute Gasteiger partial charge is 0.0719 e. The van der Waals surface area contributed by atoms with Crippen LogP contribution in [-0.2, 0) is 4.74 Å². The van der Waals surface area contributed by atoms with Crippen LogP contribution in [-0.4, -0.2) is 31.9 Å². The molecule has 3 nitrogen and oxygen atoms in total. The van der Waals surface area contributed by atoms with Crippen LogP contribution >= 0.6 is 0 Å². The van der Waals surface area contributed by atoms with Crippen LogP contribution in [0.25, 0.3) is 0 Å². The van der Waals surface area contributed by atoms with Crippen LogP contribution in [0.5, 0.6) is 0 Å². The third kappa shape index (κ3) is 51.6. The zero-order chi connectivity index (χ0) is 37.4. The minimum atomic E-state index is 0.750. The van der Waals surface area contributed by atoms with Crippen molar-refractivity contribution in [1.82, 2.24) is 5.32 Å². The Labute approximate surface area is 318 Å². The van der Waals surface area contributed by atoms with E-state index in [1.807, 2.05) is 13.2 Å². The third-order valence-corrected chi connectivity index (χ3v) is 10.3. The topological polar surface area (TPSA) is 41.5 Å². The zero-order valence-corrected chi connectivity index (χ0v) is 35.5. The van der Waals surface area contributed by atoms with Crippen molar-refractivity contribution in [1.29, 1.82) is 0 Å².